The minimum Gasteiger partial charge on any atom is -0.390 e. The lowest BCUT2D eigenvalue weighted by Gasteiger charge is -2.39. The summed E-state index contributed by atoms with van der Waals surface area (Å²) in [7, 11) is 0. The number of pyridine rings is 1. The zero-order valence-electron chi connectivity index (χ0n) is 12.2. The number of para-hydroxylation sites is 1. The molecule has 0 aliphatic carbocycles. The molecule has 0 aliphatic rings. The number of hydrogen-bond acceptors (Lipinski definition) is 3. The average molecular weight is 321 g/mol. The van der Waals surface area contributed by atoms with Crippen LogP contribution in [0.2, 0.25) is 0 Å². The first-order valence-electron chi connectivity index (χ1n) is 6.97. The highest BCUT2D eigenvalue weighted by atomic mass is 19.4. The van der Waals surface area contributed by atoms with Crippen LogP contribution in [-0.4, -0.2) is 32.2 Å². The average Bonchev–Trinajstić information content (AvgIpc) is 2.92. The molecular formula is C16H14F3N3O. The van der Waals surface area contributed by atoms with E-state index in [1.165, 1.54) is 24.5 Å². The topological polar surface area (TPSA) is 50.9 Å². The van der Waals surface area contributed by atoms with Crippen molar-refractivity contribution in [2.45, 2.75) is 24.7 Å². The van der Waals surface area contributed by atoms with Gasteiger partial charge in [-0.25, -0.2) is 4.68 Å². The van der Waals surface area contributed by atoms with Crippen LogP contribution < -0.4 is 0 Å². The maximum Gasteiger partial charge on any atom is 0.420 e. The largest absolute Gasteiger partial charge is 0.420 e. The van der Waals surface area contributed by atoms with E-state index in [1.54, 1.807) is 24.3 Å². The lowest BCUT2D eigenvalue weighted by Crippen LogP contribution is -2.56. The van der Waals surface area contributed by atoms with E-state index in [9.17, 15) is 18.3 Å². The molecule has 4 nitrogen and oxygen atoms in total. The summed E-state index contributed by atoms with van der Waals surface area (Å²) in [5, 5.41) is 14.7. The molecule has 0 bridgehead atoms. The van der Waals surface area contributed by atoms with Gasteiger partial charge in [-0.15, -0.1) is 0 Å². The molecule has 3 aromatic rings. The van der Waals surface area contributed by atoms with E-state index in [2.05, 4.69) is 10.1 Å². The lowest BCUT2D eigenvalue weighted by atomic mass is 9.85. The third-order valence-electron chi connectivity index (χ3n) is 3.95. The summed E-state index contributed by atoms with van der Waals surface area (Å²) in [6.45, 7) is 1.11. The Bertz CT molecular complexity index is 814. The molecule has 120 valence electrons. The molecule has 23 heavy (non-hydrogen) atoms. The fourth-order valence-corrected chi connectivity index (χ4v) is 2.90. The summed E-state index contributed by atoms with van der Waals surface area (Å²) in [6.07, 6.45) is -2.70. The van der Waals surface area contributed by atoms with Crippen LogP contribution in [0.4, 0.5) is 13.2 Å². The maximum atomic E-state index is 14.2. The molecule has 2 aromatic heterocycles. The Morgan fingerprint density at radius 3 is 2.43 bits per heavy atom. The van der Waals surface area contributed by atoms with Crippen LogP contribution in [0.15, 0.2) is 55.0 Å². The third-order valence-corrected chi connectivity index (χ3v) is 3.95. The van der Waals surface area contributed by atoms with Gasteiger partial charge in [0.15, 0.2) is 0 Å². The summed E-state index contributed by atoms with van der Waals surface area (Å²) >= 11 is 0. The van der Waals surface area contributed by atoms with Gasteiger partial charge >= 0.3 is 6.18 Å². The van der Waals surface area contributed by atoms with Crippen molar-refractivity contribution >= 4 is 10.9 Å². The predicted octanol–water partition coefficient (Wildman–Crippen LogP) is 3.12. The number of nitrogens with zero attached hydrogens (tertiary/aromatic N) is 3. The molecule has 0 radical (unpaired) electrons. The van der Waals surface area contributed by atoms with Crippen molar-refractivity contribution in [3.63, 3.8) is 0 Å². The van der Waals surface area contributed by atoms with Crippen LogP contribution in [0, 0.1) is 0 Å². The van der Waals surface area contributed by atoms with Crippen LogP contribution in [0.25, 0.3) is 10.9 Å². The van der Waals surface area contributed by atoms with Gasteiger partial charge < -0.3 is 5.11 Å². The van der Waals surface area contributed by atoms with Crippen LogP contribution in [-0.2, 0) is 5.54 Å². The SMILES string of the molecule is CC(O)C(c1cccnc1)(n1ncc2ccccc21)C(F)(F)F. The normalized spacial score (nSPS) is 16.2. The molecule has 0 amide bonds. The van der Waals surface area contributed by atoms with E-state index in [-0.39, 0.29) is 11.1 Å². The van der Waals surface area contributed by atoms with Crippen molar-refractivity contribution in [2.75, 3.05) is 0 Å². The Morgan fingerprint density at radius 1 is 1.09 bits per heavy atom. The summed E-state index contributed by atoms with van der Waals surface area (Å²) in [5.74, 6) is 0. The highest BCUT2D eigenvalue weighted by molar-refractivity contribution is 5.79. The standard InChI is InChI=1S/C16H14F3N3O/c1-11(23)15(16(17,18)19,13-6-4-8-20-10-13)22-14-7-3-2-5-12(14)9-21-22/h2-11,23H,1H3. The van der Waals surface area contributed by atoms with E-state index in [4.69, 9.17) is 0 Å². The van der Waals surface area contributed by atoms with Gasteiger partial charge in [-0.05, 0) is 19.1 Å². The molecule has 0 fully saturated rings. The second kappa shape index (κ2) is 5.34. The first kappa shape index (κ1) is 15.5. The van der Waals surface area contributed by atoms with Crippen molar-refractivity contribution in [1.82, 2.24) is 14.8 Å². The Labute approximate surface area is 130 Å². The highest BCUT2D eigenvalue weighted by Crippen LogP contribution is 2.45. The monoisotopic (exact) mass is 321 g/mol. The Kier molecular flexibility index (Phi) is 3.60. The molecule has 2 atom stereocenters. The van der Waals surface area contributed by atoms with Gasteiger partial charge in [-0.1, -0.05) is 24.3 Å². The van der Waals surface area contributed by atoms with E-state index < -0.39 is 17.8 Å². The van der Waals surface area contributed by atoms with Crippen molar-refractivity contribution in [1.29, 1.82) is 0 Å². The Morgan fingerprint density at radius 2 is 1.83 bits per heavy atom. The van der Waals surface area contributed by atoms with Gasteiger partial charge in [0.2, 0.25) is 5.54 Å². The van der Waals surface area contributed by atoms with Crippen LogP contribution in [0.3, 0.4) is 0 Å². The zero-order valence-corrected chi connectivity index (χ0v) is 12.2. The van der Waals surface area contributed by atoms with Crippen molar-refractivity contribution in [3.8, 4) is 0 Å². The Hall–Kier alpha value is -2.41. The van der Waals surface area contributed by atoms with Gasteiger partial charge in [0.25, 0.3) is 0 Å². The quantitative estimate of drug-likeness (QED) is 0.806. The van der Waals surface area contributed by atoms with Crippen molar-refractivity contribution < 1.29 is 18.3 Å². The molecule has 1 N–H and O–H groups in total. The molecule has 1 aromatic carbocycles. The van der Waals surface area contributed by atoms with Gasteiger partial charge in [-0.3, -0.25) is 4.98 Å². The molecule has 7 heteroatoms. The van der Waals surface area contributed by atoms with E-state index in [1.807, 2.05) is 0 Å². The maximum absolute atomic E-state index is 14.2. The molecule has 0 saturated carbocycles. The van der Waals surface area contributed by atoms with Gasteiger partial charge in [-0.2, -0.15) is 18.3 Å². The van der Waals surface area contributed by atoms with Crippen LogP contribution in [0.5, 0.6) is 0 Å². The first-order valence-corrected chi connectivity index (χ1v) is 6.97. The highest BCUT2D eigenvalue weighted by Gasteiger charge is 2.62. The van der Waals surface area contributed by atoms with E-state index >= 15 is 0 Å². The fraction of sp³-hybridized carbons (Fsp3) is 0.250. The number of aromatic nitrogens is 3. The number of fused-ring (bicyclic) bond motifs is 1. The minimum atomic E-state index is -4.78. The molecule has 0 spiro atoms. The molecule has 2 heterocycles. The second-order valence-electron chi connectivity index (χ2n) is 5.30. The fourth-order valence-electron chi connectivity index (χ4n) is 2.90. The van der Waals surface area contributed by atoms with Gasteiger partial charge in [0, 0.05) is 23.3 Å². The molecule has 0 aliphatic heterocycles. The van der Waals surface area contributed by atoms with E-state index in [0.29, 0.717) is 5.39 Å². The Balaban J connectivity index is 2.41. The number of alkyl halides is 3. The number of benzene rings is 1. The minimum absolute atomic E-state index is 0.170. The smallest absolute Gasteiger partial charge is 0.390 e. The zero-order chi connectivity index (χ0) is 16.7. The van der Waals surface area contributed by atoms with Crippen LogP contribution >= 0.6 is 0 Å². The van der Waals surface area contributed by atoms with Crippen LogP contribution in [0.1, 0.15) is 12.5 Å². The lowest BCUT2D eigenvalue weighted by molar-refractivity contribution is -0.228. The summed E-state index contributed by atoms with van der Waals surface area (Å²) < 4.78 is 43.3. The predicted molar refractivity (Wildman–Crippen MR) is 78.8 cm³/mol. The molecule has 0 saturated heterocycles. The summed E-state index contributed by atoms with van der Waals surface area (Å²) in [4.78, 5) is 3.78. The second-order valence-corrected chi connectivity index (χ2v) is 5.30. The number of aliphatic hydroxyl groups excluding tert-OH is 1. The molecule has 3 rings (SSSR count). The number of aliphatic hydroxyl groups is 1. The first-order chi connectivity index (χ1) is 10.9. The number of halogens is 3. The third kappa shape index (κ3) is 2.19. The molecular weight excluding hydrogens is 307 g/mol. The summed E-state index contributed by atoms with van der Waals surface area (Å²) in [6, 6.07) is 9.27. The van der Waals surface area contributed by atoms with Crippen molar-refractivity contribution in [3.05, 3.63) is 60.6 Å². The summed E-state index contributed by atoms with van der Waals surface area (Å²) in [5.41, 5.74) is -2.60. The van der Waals surface area contributed by atoms with E-state index in [0.717, 1.165) is 17.8 Å². The van der Waals surface area contributed by atoms with Gasteiger partial charge in [0.05, 0.1) is 17.8 Å². The number of rotatable bonds is 3. The molecule has 2 unspecified atom stereocenters. The van der Waals surface area contributed by atoms with Gasteiger partial charge in [0.1, 0.15) is 0 Å². The number of hydrogen-bond donors (Lipinski definition) is 1. The van der Waals surface area contributed by atoms with Crippen molar-refractivity contribution in [2.24, 2.45) is 0 Å².